The summed E-state index contributed by atoms with van der Waals surface area (Å²) in [6.07, 6.45) is 0.664. The average molecular weight is 558 g/mol. The molecule has 2 atom stereocenters. The second-order valence-electron chi connectivity index (χ2n) is 9.41. The Morgan fingerprint density at radius 2 is 1.54 bits per heavy atom. The van der Waals surface area contributed by atoms with E-state index in [9.17, 15) is 26.8 Å². The molecular formula is C29H33F2N3O4S. The molecule has 0 saturated carbocycles. The molecule has 0 unspecified atom stereocenters. The number of nitrogens with zero attached hydrogens (tertiary/aromatic N) is 2. The Labute approximate surface area is 228 Å². The second kappa shape index (κ2) is 12.8. The molecule has 1 N–H and O–H groups in total. The summed E-state index contributed by atoms with van der Waals surface area (Å²) in [4.78, 5) is 27.8. The molecule has 0 radical (unpaired) electrons. The van der Waals surface area contributed by atoms with Gasteiger partial charge in [-0.05, 0) is 69.7 Å². The van der Waals surface area contributed by atoms with Gasteiger partial charge in [-0.15, -0.1) is 0 Å². The third-order valence-electron chi connectivity index (χ3n) is 6.47. The number of hydrogen-bond acceptors (Lipinski definition) is 4. The molecule has 0 saturated heterocycles. The monoisotopic (exact) mass is 557 g/mol. The van der Waals surface area contributed by atoms with Gasteiger partial charge in [0.1, 0.15) is 24.2 Å². The van der Waals surface area contributed by atoms with Gasteiger partial charge in [0.05, 0.1) is 10.6 Å². The van der Waals surface area contributed by atoms with Crippen molar-refractivity contribution in [2.24, 2.45) is 0 Å². The summed E-state index contributed by atoms with van der Waals surface area (Å²) in [5.74, 6) is -2.32. The zero-order valence-electron chi connectivity index (χ0n) is 22.4. The molecule has 39 heavy (non-hydrogen) atoms. The van der Waals surface area contributed by atoms with Crippen molar-refractivity contribution < 1.29 is 26.8 Å². The van der Waals surface area contributed by atoms with Gasteiger partial charge < -0.3 is 10.2 Å². The molecule has 0 fully saturated rings. The maximum atomic E-state index is 14.6. The normalized spacial score (nSPS) is 12.9. The van der Waals surface area contributed by atoms with Gasteiger partial charge >= 0.3 is 0 Å². The number of rotatable bonds is 11. The summed E-state index contributed by atoms with van der Waals surface area (Å²) in [5, 5.41) is 2.82. The van der Waals surface area contributed by atoms with Crippen LogP contribution in [0.4, 0.5) is 14.5 Å². The standard InChI is InChI=1S/C29H33F2N3O4S/c1-5-21(3)32-29(36)22(4)33(18-23-8-6-7-9-27(23)31)28(35)19-34(25-14-10-20(2)11-15-25)39(37,38)26-16-12-24(30)13-17-26/h6-17,21-22H,5,18-19H2,1-4H3,(H,32,36)/t21-,22-/m1/s1. The molecule has 10 heteroatoms. The fourth-order valence-electron chi connectivity index (χ4n) is 3.83. The number of hydrogen-bond donors (Lipinski definition) is 1. The number of carbonyl (C=O) groups is 2. The summed E-state index contributed by atoms with van der Waals surface area (Å²) in [6.45, 7) is 6.15. The molecule has 0 aromatic heterocycles. The summed E-state index contributed by atoms with van der Waals surface area (Å²) < 4.78 is 56.4. The topological polar surface area (TPSA) is 86.8 Å². The van der Waals surface area contributed by atoms with Gasteiger partial charge in [0, 0.05) is 18.2 Å². The lowest BCUT2D eigenvalue weighted by molar-refractivity contribution is -0.139. The van der Waals surface area contributed by atoms with E-state index in [0.29, 0.717) is 6.42 Å². The molecule has 2 amide bonds. The molecule has 0 spiro atoms. The number of carbonyl (C=O) groups excluding carboxylic acids is 2. The third kappa shape index (κ3) is 7.41. The maximum Gasteiger partial charge on any atom is 0.264 e. The first-order valence-corrected chi connectivity index (χ1v) is 14.1. The van der Waals surface area contributed by atoms with Crippen molar-refractivity contribution in [3.05, 3.63) is 95.6 Å². The van der Waals surface area contributed by atoms with Crippen LogP contribution in [0.15, 0.2) is 77.7 Å². The zero-order valence-corrected chi connectivity index (χ0v) is 23.2. The molecule has 0 aliphatic heterocycles. The van der Waals surface area contributed by atoms with Crippen molar-refractivity contribution in [2.45, 2.75) is 57.6 Å². The Bertz CT molecular complexity index is 1400. The molecule has 0 aliphatic carbocycles. The fourth-order valence-corrected chi connectivity index (χ4v) is 5.25. The third-order valence-corrected chi connectivity index (χ3v) is 8.26. The number of amides is 2. The quantitative estimate of drug-likeness (QED) is 0.367. The summed E-state index contributed by atoms with van der Waals surface area (Å²) in [6, 6.07) is 15.5. The molecule has 3 aromatic carbocycles. The van der Waals surface area contributed by atoms with Gasteiger partial charge in [0.2, 0.25) is 11.8 Å². The molecular weight excluding hydrogens is 524 g/mol. The first-order valence-electron chi connectivity index (χ1n) is 12.6. The maximum absolute atomic E-state index is 14.6. The van der Waals surface area contributed by atoms with Gasteiger partial charge in [0.25, 0.3) is 10.0 Å². The van der Waals surface area contributed by atoms with Crippen molar-refractivity contribution in [3.63, 3.8) is 0 Å². The van der Waals surface area contributed by atoms with Gasteiger partial charge in [-0.3, -0.25) is 13.9 Å². The highest BCUT2D eigenvalue weighted by Gasteiger charge is 2.33. The van der Waals surface area contributed by atoms with Crippen LogP contribution in [0.2, 0.25) is 0 Å². The fraction of sp³-hybridized carbons (Fsp3) is 0.310. The zero-order chi connectivity index (χ0) is 28.7. The second-order valence-corrected chi connectivity index (χ2v) is 11.3. The number of benzene rings is 3. The smallest absolute Gasteiger partial charge is 0.264 e. The molecule has 0 aliphatic rings. The van der Waals surface area contributed by atoms with Crippen LogP contribution in [0.25, 0.3) is 0 Å². The van der Waals surface area contributed by atoms with Crippen LogP contribution >= 0.6 is 0 Å². The Balaban J connectivity index is 2.03. The van der Waals surface area contributed by atoms with Crippen LogP contribution in [0, 0.1) is 18.6 Å². The Morgan fingerprint density at radius 1 is 0.923 bits per heavy atom. The van der Waals surface area contributed by atoms with Crippen molar-refractivity contribution in [1.29, 1.82) is 0 Å². The van der Waals surface area contributed by atoms with Gasteiger partial charge in [0.15, 0.2) is 0 Å². The highest BCUT2D eigenvalue weighted by Crippen LogP contribution is 2.25. The van der Waals surface area contributed by atoms with E-state index in [1.54, 1.807) is 30.3 Å². The first-order chi connectivity index (χ1) is 18.4. The number of anilines is 1. The van der Waals surface area contributed by atoms with Crippen LogP contribution in [-0.2, 0) is 26.2 Å². The summed E-state index contributed by atoms with van der Waals surface area (Å²) >= 11 is 0. The van der Waals surface area contributed by atoms with E-state index in [4.69, 9.17) is 0 Å². The number of sulfonamides is 1. The lowest BCUT2D eigenvalue weighted by atomic mass is 10.1. The highest BCUT2D eigenvalue weighted by molar-refractivity contribution is 7.92. The number of aryl methyl sites for hydroxylation is 1. The minimum atomic E-state index is -4.32. The molecule has 3 rings (SSSR count). The largest absolute Gasteiger partial charge is 0.352 e. The van der Waals surface area contributed by atoms with E-state index in [2.05, 4.69) is 5.32 Å². The predicted octanol–water partition coefficient (Wildman–Crippen LogP) is 4.80. The van der Waals surface area contributed by atoms with Crippen LogP contribution in [0.1, 0.15) is 38.3 Å². The van der Waals surface area contributed by atoms with E-state index in [0.717, 1.165) is 39.0 Å². The van der Waals surface area contributed by atoms with Gasteiger partial charge in [-0.2, -0.15) is 0 Å². The van der Waals surface area contributed by atoms with Crippen LogP contribution < -0.4 is 9.62 Å². The molecule has 7 nitrogen and oxygen atoms in total. The molecule has 3 aromatic rings. The van der Waals surface area contributed by atoms with Gasteiger partial charge in [-0.1, -0.05) is 42.8 Å². The minimum absolute atomic E-state index is 0.159. The van der Waals surface area contributed by atoms with E-state index in [-0.39, 0.29) is 28.7 Å². The average Bonchev–Trinajstić information content (AvgIpc) is 2.91. The Hall–Kier alpha value is -3.79. The van der Waals surface area contributed by atoms with Crippen molar-refractivity contribution in [2.75, 3.05) is 10.8 Å². The number of halogens is 2. The minimum Gasteiger partial charge on any atom is -0.352 e. The van der Waals surface area contributed by atoms with Crippen LogP contribution in [0.3, 0.4) is 0 Å². The van der Waals surface area contributed by atoms with E-state index in [1.807, 2.05) is 20.8 Å². The van der Waals surface area contributed by atoms with Crippen molar-refractivity contribution in [3.8, 4) is 0 Å². The molecule has 0 heterocycles. The van der Waals surface area contributed by atoms with Crippen molar-refractivity contribution >= 4 is 27.5 Å². The first kappa shape index (κ1) is 29.8. The lowest BCUT2D eigenvalue weighted by Gasteiger charge is -2.32. The van der Waals surface area contributed by atoms with Crippen LogP contribution in [-0.4, -0.2) is 43.8 Å². The molecule has 0 bridgehead atoms. The lowest BCUT2D eigenvalue weighted by Crippen LogP contribution is -2.52. The summed E-state index contributed by atoms with van der Waals surface area (Å²) in [7, 11) is -4.32. The highest BCUT2D eigenvalue weighted by atomic mass is 32.2. The number of nitrogens with one attached hydrogen (secondary N) is 1. The van der Waals surface area contributed by atoms with Crippen molar-refractivity contribution in [1.82, 2.24) is 10.2 Å². The summed E-state index contributed by atoms with van der Waals surface area (Å²) in [5.41, 5.74) is 1.26. The van der Waals surface area contributed by atoms with Gasteiger partial charge in [-0.25, -0.2) is 17.2 Å². The predicted molar refractivity (Wildman–Crippen MR) is 146 cm³/mol. The Kier molecular flexibility index (Phi) is 9.80. The van der Waals surface area contributed by atoms with Crippen LogP contribution in [0.5, 0.6) is 0 Å². The SMILES string of the molecule is CC[C@@H](C)NC(=O)[C@@H](C)N(Cc1ccccc1F)C(=O)CN(c1ccc(C)cc1)S(=O)(=O)c1ccc(F)cc1. The Morgan fingerprint density at radius 3 is 2.13 bits per heavy atom. The van der Waals surface area contributed by atoms with E-state index < -0.39 is 46.1 Å². The molecule has 208 valence electrons. The van der Waals surface area contributed by atoms with E-state index >= 15 is 0 Å². The van der Waals surface area contributed by atoms with E-state index in [1.165, 1.54) is 25.1 Å².